The van der Waals surface area contributed by atoms with Gasteiger partial charge in [-0.1, -0.05) is 36.4 Å². The van der Waals surface area contributed by atoms with Crippen molar-refractivity contribution in [3.63, 3.8) is 0 Å². The summed E-state index contributed by atoms with van der Waals surface area (Å²) in [5.41, 5.74) is 0.760. The summed E-state index contributed by atoms with van der Waals surface area (Å²) in [6.07, 6.45) is 1.22. The van der Waals surface area contributed by atoms with Gasteiger partial charge in [0.1, 0.15) is 17.2 Å². The molecule has 150 valence electrons. The average molecular weight is 415 g/mol. The van der Waals surface area contributed by atoms with E-state index in [-0.39, 0.29) is 22.0 Å². The van der Waals surface area contributed by atoms with Gasteiger partial charge >= 0.3 is 5.97 Å². The molecule has 7 nitrogen and oxygen atoms in total. The van der Waals surface area contributed by atoms with E-state index in [4.69, 9.17) is 0 Å². The lowest BCUT2D eigenvalue weighted by Gasteiger charge is -2.20. The number of halogens is 1. The quantitative estimate of drug-likeness (QED) is 0.614. The van der Waals surface area contributed by atoms with Crippen LogP contribution < -0.4 is 9.62 Å². The molecule has 0 atom stereocenters. The minimum Gasteiger partial charge on any atom is -0.478 e. The van der Waals surface area contributed by atoms with Gasteiger partial charge in [-0.3, -0.25) is 4.72 Å². The van der Waals surface area contributed by atoms with Crippen LogP contribution in [0.15, 0.2) is 71.8 Å². The number of carboxylic acid groups (broad SMARTS) is 1. The van der Waals surface area contributed by atoms with Crippen molar-refractivity contribution in [1.29, 1.82) is 0 Å². The van der Waals surface area contributed by atoms with Crippen molar-refractivity contribution in [1.82, 2.24) is 4.98 Å². The van der Waals surface area contributed by atoms with Crippen LogP contribution in [0, 0.1) is 5.82 Å². The van der Waals surface area contributed by atoms with Crippen LogP contribution in [0.5, 0.6) is 0 Å². The summed E-state index contributed by atoms with van der Waals surface area (Å²) in [5, 5.41) is 9.56. The summed E-state index contributed by atoms with van der Waals surface area (Å²) in [6, 6.07) is 15.1. The molecule has 0 radical (unpaired) electrons. The second kappa shape index (κ2) is 8.27. The molecule has 0 unspecified atom stereocenters. The summed E-state index contributed by atoms with van der Waals surface area (Å²) in [6.45, 7) is 0.419. The maximum atomic E-state index is 13.3. The monoisotopic (exact) mass is 415 g/mol. The summed E-state index contributed by atoms with van der Waals surface area (Å²) < 4.78 is 40.4. The molecule has 0 bridgehead atoms. The van der Waals surface area contributed by atoms with Crippen LogP contribution >= 0.6 is 0 Å². The molecule has 0 amide bonds. The Balaban J connectivity index is 1.89. The maximum Gasteiger partial charge on any atom is 0.339 e. The molecule has 0 saturated carbocycles. The third-order valence-electron chi connectivity index (χ3n) is 4.08. The summed E-state index contributed by atoms with van der Waals surface area (Å²) in [5.74, 6) is -1.76. The molecule has 2 N–H and O–H groups in total. The second-order valence-electron chi connectivity index (χ2n) is 6.30. The van der Waals surface area contributed by atoms with Crippen molar-refractivity contribution < 1.29 is 22.7 Å². The number of hydrogen-bond acceptors (Lipinski definition) is 5. The van der Waals surface area contributed by atoms with E-state index < -0.39 is 21.8 Å². The summed E-state index contributed by atoms with van der Waals surface area (Å²) in [4.78, 5) is 17.2. The molecule has 0 aliphatic carbocycles. The number of hydrogen-bond donors (Lipinski definition) is 2. The minimum absolute atomic E-state index is 0.0384. The lowest BCUT2D eigenvalue weighted by molar-refractivity contribution is 0.0697. The number of carboxylic acids is 1. The Labute approximate surface area is 167 Å². The Hall–Kier alpha value is -3.46. The van der Waals surface area contributed by atoms with E-state index in [0.717, 1.165) is 17.7 Å². The fourth-order valence-corrected chi connectivity index (χ4v) is 3.82. The fourth-order valence-electron chi connectivity index (χ4n) is 2.76. The number of rotatable bonds is 7. The Bertz CT molecular complexity index is 1140. The van der Waals surface area contributed by atoms with Gasteiger partial charge in [0.25, 0.3) is 10.0 Å². The van der Waals surface area contributed by atoms with Gasteiger partial charge < -0.3 is 10.0 Å². The summed E-state index contributed by atoms with van der Waals surface area (Å²) >= 11 is 0. The highest BCUT2D eigenvalue weighted by Crippen LogP contribution is 2.24. The Morgan fingerprint density at radius 1 is 1.14 bits per heavy atom. The first kappa shape index (κ1) is 20.3. The van der Waals surface area contributed by atoms with Crippen molar-refractivity contribution in [2.24, 2.45) is 0 Å². The first-order valence-electron chi connectivity index (χ1n) is 8.53. The average Bonchev–Trinajstić information content (AvgIpc) is 2.68. The third kappa shape index (κ3) is 4.88. The molecular formula is C20H18FN3O4S. The lowest BCUT2D eigenvalue weighted by atomic mass is 10.2. The van der Waals surface area contributed by atoms with E-state index in [1.54, 1.807) is 11.9 Å². The van der Waals surface area contributed by atoms with Gasteiger partial charge in [0.05, 0.1) is 16.8 Å². The zero-order valence-corrected chi connectivity index (χ0v) is 16.2. The molecule has 1 aromatic heterocycles. The fraction of sp³-hybridized carbons (Fsp3) is 0.100. The minimum atomic E-state index is -4.10. The molecule has 3 aromatic rings. The first-order valence-corrected chi connectivity index (χ1v) is 10.0. The molecular weight excluding hydrogens is 397 g/mol. The largest absolute Gasteiger partial charge is 0.478 e. The SMILES string of the molecule is CN(Cc1ccccc1)c1ncc(NS(=O)(=O)c2cccc(F)c2)cc1C(=O)O. The first-order chi connectivity index (χ1) is 13.8. The van der Waals surface area contributed by atoms with Gasteiger partial charge in [0.15, 0.2) is 0 Å². The number of aromatic nitrogens is 1. The van der Waals surface area contributed by atoms with E-state index in [2.05, 4.69) is 9.71 Å². The number of nitrogens with one attached hydrogen (secondary N) is 1. The van der Waals surface area contributed by atoms with E-state index in [1.165, 1.54) is 24.4 Å². The zero-order valence-electron chi connectivity index (χ0n) is 15.4. The van der Waals surface area contributed by atoms with Gasteiger partial charge in [-0.15, -0.1) is 0 Å². The van der Waals surface area contributed by atoms with Crippen molar-refractivity contribution in [3.05, 3.63) is 83.8 Å². The summed E-state index contributed by atoms with van der Waals surface area (Å²) in [7, 11) is -2.40. The number of pyridine rings is 1. The number of aromatic carboxylic acids is 1. The van der Waals surface area contributed by atoms with Crippen molar-refractivity contribution in [2.75, 3.05) is 16.7 Å². The van der Waals surface area contributed by atoms with Gasteiger partial charge in [-0.05, 0) is 29.8 Å². The molecule has 3 rings (SSSR count). The molecule has 0 saturated heterocycles. The van der Waals surface area contributed by atoms with Crippen molar-refractivity contribution in [2.45, 2.75) is 11.4 Å². The predicted molar refractivity (Wildman–Crippen MR) is 107 cm³/mol. The second-order valence-corrected chi connectivity index (χ2v) is 7.99. The van der Waals surface area contributed by atoms with Crippen LogP contribution in [0.1, 0.15) is 15.9 Å². The van der Waals surface area contributed by atoms with Gasteiger partial charge in [-0.2, -0.15) is 0 Å². The van der Waals surface area contributed by atoms with Crippen molar-refractivity contribution in [3.8, 4) is 0 Å². The molecule has 9 heteroatoms. The predicted octanol–water partition coefficient (Wildman–Crippen LogP) is 3.36. The Morgan fingerprint density at radius 2 is 1.86 bits per heavy atom. The molecule has 0 fully saturated rings. The van der Waals surface area contributed by atoms with Crippen LogP contribution in [-0.4, -0.2) is 31.5 Å². The molecule has 0 spiro atoms. The number of anilines is 2. The smallest absolute Gasteiger partial charge is 0.339 e. The maximum absolute atomic E-state index is 13.3. The highest BCUT2D eigenvalue weighted by molar-refractivity contribution is 7.92. The number of benzene rings is 2. The highest BCUT2D eigenvalue weighted by Gasteiger charge is 2.20. The van der Waals surface area contributed by atoms with E-state index in [9.17, 15) is 22.7 Å². The number of carbonyl (C=O) groups is 1. The third-order valence-corrected chi connectivity index (χ3v) is 5.46. The van der Waals surface area contributed by atoms with Gasteiger partial charge in [-0.25, -0.2) is 22.6 Å². The van der Waals surface area contributed by atoms with Crippen LogP contribution in [0.3, 0.4) is 0 Å². The van der Waals surface area contributed by atoms with E-state index >= 15 is 0 Å². The number of nitrogens with zero attached hydrogens (tertiary/aromatic N) is 2. The standard InChI is InChI=1S/C20H18FN3O4S/c1-24(13-14-6-3-2-4-7-14)19-18(20(25)26)11-16(12-22-19)23-29(27,28)17-9-5-8-15(21)10-17/h2-12,23H,13H2,1H3,(H,25,26). The Morgan fingerprint density at radius 3 is 2.52 bits per heavy atom. The topological polar surface area (TPSA) is 99.6 Å². The normalized spacial score (nSPS) is 11.1. The van der Waals surface area contributed by atoms with Gasteiger partial charge in [0.2, 0.25) is 0 Å². The van der Waals surface area contributed by atoms with Gasteiger partial charge in [0, 0.05) is 13.6 Å². The molecule has 1 heterocycles. The van der Waals surface area contributed by atoms with Crippen LogP contribution in [0.4, 0.5) is 15.9 Å². The lowest BCUT2D eigenvalue weighted by Crippen LogP contribution is -2.21. The molecule has 0 aliphatic rings. The number of sulfonamides is 1. The van der Waals surface area contributed by atoms with Crippen LogP contribution in [-0.2, 0) is 16.6 Å². The van der Waals surface area contributed by atoms with Crippen LogP contribution in [0.2, 0.25) is 0 Å². The Kier molecular flexibility index (Phi) is 5.79. The van der Waals surface area contributed by atoms with E-state index in [1.807, 2.05) is 30.3 Å². The van der Waals surface area contributed by atoms with Crippen LogP contribution in [0.25, 0.3) is 0 Å². The van der Waals surface area contributed by atoms with E-state index in [0.29, 0.717) is 6.54 Å². The molecule has 0 aliphatic heterocycles. The highest BCUT2D eigenvalue weighted by atomic mass is 32.2. The molecule has 2 aromatic carbocycles. The molecule has 29 heavy (non-hydrogen) atoms. The van der Waals surface area contributed by atoms with Crippen molar-refractivity contribution >= 4 is 27.5 Å². The zero-order chi connectivity index (χ0) is 21.0.